The maximum atomic E-state index is 12.7. The Labute approximate surface area is 231 Å². The average Bonchev–Trinajstić information content (AvgIpc) is 3.12. The standard InChI is InChI=1S/C31H40BNO6/c1-8-33(9-2)24-14-15-25-21(3)26(29(35)37-27(25)20-24)17-18-36-28(34)16-13-22-11-10-12-23(19-22)32-38-30(4,5)31(6,7)39-32/h10-12,14-15,19-20H,8-9,13,16-18H2,1-7H3. The van der Waals surface area contributed by atoms with Gasteiger partial charge in [-0.05, 0) is 83.6 Å². The van der Waals surface area contributed by atoms with Crippen molar-refractivity contribution in [1.82, 2.24) is 0 Å². The zero-order chi connectivity index (χ0) is 28.4. The molecule has 0 N–H and O–H groups in total. The first-order chi connectivity index (χ1) is 18.5. The minimum Gasteiger partial charge on any atom is -0.465 e. The predicted octanol–water partition coefficient (Wildman–Crippen LogP) is 4.97. The second kappa shape index (κ2) is 11.6. The molecule has 0 spiro atoms. The first kappa shape index (κ1) is 28.9. The third-order valence-electron chi connectivity index (χ3n) is 8.11. The molecule has 0 aliphatic carbocycles. The van der Waals surface area contributed by atoms with Crippen LogP contribution in [0.1, 0.15) is 64.7 Å². The Morgan fingerprint density at radius 2 is 1.67 bits per heavy atom. The van der Waals surface area contributed by atoms with Gasteiger partial charge >= 0.3 is 18.7 Å². The third kappa shape index (κ3) is 6.23. The molecule has 208 valence electrons. The Hall–Kier alpha value is -3.10. The second-order valence-corrected chi connectivity index (χ2v) is 11.1. The third-order valence-corrected chi connectivity index (χ3v) is 8.11. The number of anilines is 1. The summed E-state index contributed by atoms with van der Waals surface area (Å²) in [6, 6.07) is 13.9. The van der Waals surface area contributed by atoms with E-state index >= 15 is 0 Å². The van der Waals surface area contributed by atoms with Crippen molar-refractivity contribution < 1.29 is 23.3 Å². The quantitative estimate of drug-likeness (QED) is 0.207. The van der Waals surface area contributed by atoms with Crippen molar-refractivity contribution in [3.05, 3.63) is 69.6 Å². The molecule has 7 nitrogen and oxygen atoms in total. The zero-order valence-corrected chi connectivity index (χ0v) is 24.3. The molecule has 1 saturated heterocycles. The summed E-state index contributed by atoms with van der Waals surface area (Å²) in [5, 5.41) is 0.897. The molecule has 4 rings (SSSR count). The van der Waals surface area contributed by atoms with Crippen molar-refractivity contribution >= 4 is 35.2 Å². The lowest BCUT2D eigenvalue weighted by Gasteiger charge is -2.32. The normalized spacial score (nSPS) is 16.0. The molecule has 0 atom stereocenters. The molecule has 0 saturated carbocycles. The van der Waals surface area contributed by atoms with Crippen LogP contribution in [0.3, 0.4) is 0 Å². The highest BCUT2D eigenvalue weighted by Gasteiger charge is 2.51. The molecular formula is C31H40BNO6. The Morgan fingerprint density at radius 3 is 2.33 bits per heavy atom. The van der Waals surface area contributed by atoms with E-state index in [1.54, 1.807) is 0 Å². The molecule has 1 aromatic heterocycles. The van der Waals surface area contributed by atoms with Gasteiger partial charge < -0.3 is 23.4 Å². The molecule has 2 aromatic carbocycles. The van der Waals surface area contributed by atoms with Gasteiger partial charge in [0.1, 0.15) is 5.58 Å². The molecule has 1 aliphatic heterocycles. The molecule has 8 heteroatoms. The number of ether oxygens (including phenoxy) is 1. The van der Waals surface area contributed by atoms with Gasteiger partial charge in [0, 0.05) is 48.6 Å². The van der Waals surface area contributed by atoms with Crippen molar-refractivity contribution in [2.24, 2.45) is 0 Å². The van der Waals surface area contributed by atoms with Crippen molar-refractivity contribution in [3.8, 4) is 0 Å². The summed E-state index contributed by atoms with van der Waals surface area (Å²) >= 11 is 0. The van der Waals surface area contributed by atoms with E-state index < -0.39 is 18.3 Å². The van der Waals surface area contributed by atoms with Crippen LogP contribution in [0.25, 0.3) is 11.0 Å². The van der Waals surface area contributed by atoms with Gasteiger partial charge in [0.05, 0.1) is 17.8 Å². The number of rotatable bonds is 10. The van der Waals surface area contributed by atoms with E-state index in [4.69, 9.17) is 18.5 Å². The van der Waals surface area contributed by atoms with Gasteiger partial charge in [-0.15, -0.1) is 0 Å². The topological polar surface area (TPSA) is 78.2 Å². The van der Waals surface area contributed by atoms with Crippen LogP contribution in [0.5, 0.6) is 0 Å². The monoisotopic (exact) mass is 533 g/mol. The maximum Gasteiger partial charge on any atom is 0.494 e. The molecular weight excluding hydrogens is 493 g/mol. The van der Waals surface area contributed by atoms with Crippen molar-refractivity contribution in [2.75, 3.05) is 24.6 Å². The van der Waals surface area contributed by atoms with E-state index in [1.807, 2.05) is 77.1 Å². The van der Waals surface area contributed by atoms with E-state index in [9.17, 15) is 9.59 Å². The Kier molecular flexibility index (Phi) is 8.57. The average molecular weight is 533 g/mol. The lowest BCUT2D eigenvalue weighted by Crippen LogP contribution is -2.41. The molecule has 0 unspecified atom stereocenters. The van der Waals surface area contributed by atoms with Gasteiger partial charge in [-0.1, -0.05) is 24.3 Å². The van der Waals surface area contributed by atoms with Crippen LogP contribution in [-0.4, -0.2) is 44.0 Å². The number of hydrogen-bond donors (Lipinski definition) is 0. The van der Waals surface area contributed by atoms with Crippen molar-refractivity contribution in [3.63, 3.8) is 0 Å². The van der Waals surface area contributed by atoms with Crippen LogP contribution in [0, 0.1) is 6.92 Å². The lowest BCUT2D eigenvalue weighted by atomic mass is 9.78. The fourth-order valence-electron chi connectivity index (χ4n) is 4.92. The Morgan fingerprint density at radius 1 is 0.974 bits per heavy atom. The Bertz CT molecular complexity index is 1380. The van der Waals surface area contributed by atoms with Gasteiger partial charge in [-0.3, -0.25) is 4.79 Å². The minimum absolute atomic E-state index is 0.126. The van der Waals surface area contributed by atoms with Crippen LogP contribution in [0.2, 0.25) is 0 Å². The fourth-order valence-corrected chi connectivity index (χ4v) is 4.92. The van der Waals surface area contributed by atoms with Crippen LogP contribution >= 0.6 is 0 Å². The van der Waals surface area contributed by atoms with E-state index in [-0.39, 0.29) is 24.6 Å². The first-order valence-corrected chi connectivity index (χ1v) is 13.9. The van der Waals surface area contributed by atoms with Crippen LogP contribution in [0.15, 0.2) is 51.7 Å². The summed E-state index contributed by atoms with van der Waals surface area (Å²) in [5.74, 6) is -0.303. The summed E-state index contributed by atoms with van der Waals surface area (Å²) in [7, 11) is -0.442. The van der Waals surface area contributed by atoms with Gasteiger partial charge in [0.15, 0.2) is 0 Å². The van der Waals surface area contributed by atoms with E-state index in [2.05, 4.69) is 18.7 Å². The largest absolute Gasteiger partial charge is 0.494 e. The number of esters is 1. The summed E-state index contributed by atoms with van der Waals surface area (Å²) in [5.41, 5.74) is 3.75. The smallest absolute Gasteiger partial charge is 0.465 e. The molecule has 39 heavy (non-hydrogen) atoms. The molecule has 1 fully saturated rings. The summed E-state index contributed by atoms with van der Waals surface area (Å²) in [6.45, 7) is 16.1. The predicted molar refractivity (Wildman–Crippen MR) is 156 cm³/mol. The van der Waals surface area contributed by atoms with Gasteiger partial charge in [0.25, 0.3) is 0 Å². The van der Waals surface area contributed by atoms with Crippen LogP contribution in [0.4, 0.5) is 5.69 Å². The van der Waals surface area contributed by atoms with Gasteiger partial charge in [-0.2, -0.15) is 0 Å². The summed E-state index contributed by atoms with van der Waals surface area (Å²) in [6.07, 6.45) is 1.09. The van der Waals surface area contributed by atoms with E-state index in [1.165, 1.54) is 0 Å². The second-order valence-electron chi connectivity index (χ2n) is 11.1. The zero-order valence-electron chi connectivity index (χ0n) is 24.3. The molecule has 2 heterocycles. The van der Waals surface area contributed by atoms with E-state index in [0.29, 0.717) is 24.0 Å². The molecule has 0 radical (unpaired) electrons. The number of carbonyl (C=O) groups excluding carboxylic acids is 1. The van der Waals surface area contributed by atoms with Crippen LogP contribution < -0.4 is 16.0 Å². The number of nitrogens with zero attached hydrogens (tertiary/aromatic N) is 1. The number of hydrogen-bond acceptors (Lipinski definition) is 7. The van der Waals surface area contributed by atoms with Crippen molar-refractivity contribution in [1.29, 1.82) is 0 Å². The Balaban J connectivity index is 1.33. The van der Waals surface area contributed by atoms with Gasteiger partial charge in [-0.25, -0.2) is 4.79 Å². The molecule has 1 aliphatic rings. The fraction of sp³-hybridized carbons (Fsp3) is 0.484. The maximum absolute atomic E-state index is 12.7. The summed E-state index contributed by atoms with van der Waals surface area (Å²) < 4.78 is 23.4. The number of carbonyl (C=O) groups is 1. The highest BCUT2D eigenvalue weighted by atomic mass is 16.7. The number of aryl methyl sites for hydroxylation is 2. The molecule has 0 amide bonds. The highest BCUT2D eigenvalue weighted by molar-refractivity contribution is 6.62. The highest BCUT2D eigenvalue weighted by Crippen LogP contribution is 2.36. The minimum atomic E-state index is -0.442. The molecule has 0 bridgehead atoms. The first-order valence-electron chi connectivity index (χ1n) is 13.9. The SMILES string of the molecule is CCN(CC)c1ccc2c(C)c(CCOC(=O)CCc3cccc(B4OC(C)(C)C(C)(C)O4)c3)c(=O)oc2c1. The number of fused-ring (bicyclic) bond motifs is 1. The summed E-state index contributed by atoms with van der Waals surface area (Å²) in [4.78, 5) is 27.4. The van der Waals surface area contributed by atoms with Gasteiger partial charge in [0.2, 0.25) is 0 Å². The van der Waals surface area contributed by atoms with Crippen molar-refractivity contribution in [2.45, 2.75) is 78.9 Å². The number of benzene rings is 2. The lowest BCUT2D eigenvalue weighted by molar-refractivity contribution is -0.143. The van der Waals surface area contributed by atoms with E-state index in [0.717, 1.165) is 40.8 Å². The van der Waals surface area contributed by atoms with Crippen LogP contribution in [-0.2, 0) is 31.7 Å². The molecule has 3 aromatic rings.